The molecule has 4 rings (SSSR count). The van der Waals surface area contributed by atoms with Crippen LogP contribution in [0, 0.1) is 6.92 Å². The summed E-state index contributed by atoms with van der Waals surface area (Å²) in [6, 6.07) is 6.19. The maximum absolute atomic E-state index is 12.5. The summed E-state index contributed by atoms with van der Waals surface area (Å²) >= 11 is 0. The van der Waals surface area contributed by atoms with Crippen molar-refractivity contribution in [1.29, 1.82) is 0 Å². The first-order chi connectivity index (χ1) is 12.3. The first kappa shape index (κ1) is 17.2. The molecule has 6 nitrogen and oxygen atoms in total. The Morgan fingerprint density at radius 2 is 1.92 bits per heavy atom. The molecule has 0 saturated carbocycles. The summed E-state index contributed by atoms with van der Waals surface area (Å²) in [6.07, 6.45) is 3.69. The number of ether oxygens (including phenoxy) is 2. The second kappa shape index (κ2) is 6.18. The second-order valence-corrected chi connectivity index (χ2v) is 8.39. The van der Waals surface area contributed by atoms with E-state index in [1.54, 1.807) is 0 Å². The van der Waals surface area contributed by atoms with Gasteiger partial charge in [0, 0.05) is 24.9 Å². The van der Waals surface area contributed by atoms with Gasteiger partial charge >= 0.3 is 12.2 Å². The lowest BCUT2D eigenvalue weighted by molar-refractivity contribution is -0.0105. The highest BCUT2D eigenvalue weighted by Gasteiger charge is 2.45. The largest absolute Gasteiger partial charge is 0.447 e. The van der Waals surface area contributed by atoms with Crippen LogP contribution in [0.4, 0.5) is 4.79 Å². The maximum Gasteiger partial charge on any atom is 0.410 e. The number of amides is 1. The minimum absolute atomic E-state index is 0.0135. The molecule has 1 aromatic carbocycles. The molecule has 1 aromatic heterocycles. The Morgan fingerprint density at radius 3 is 2.54 bits per heavy atom. The average molecular weight is 358 g/mol. The van der Waals surface area contributed by atoms with Crippen LogP contribution in [0.2, 0.25) is 0 Å². The van der Waals surface area contributed by atoms with Gasteiger partial charge in [0.2, 0.25) is 0 Å². The number of aromatic nitrogens is 1. The van der Waals surface area contributed by atoms with Crippen molar-refractivity contribution in [2.75, 3.05) is 0 Å². The predicted molar refractivity (Wildman–Crippen MR) is 97.3 cm³/mol. The highest BCUT2D eigenvalue weighted by molar-refractivity contribution is 5.76. The molecule has 2 aliphatic rings. The number of carbonyl (C=O) groups is 1. The van der Waals surface area contributed by atoms with Crippen molar-refractivity contribution in [3.05, 3.63) is 23.8 Å². The van der Waals surface area contributed by atoms with E-state index in [0.29, 0.717) is 6.08 Å². The number of rotatable bonds is 2. The number of nitrogens with zero attached hydrogens (tertiary/aromatic N) is 2. The van der Waals surface area contributed by atoms with Crippen LogP contribution in [0.1, 0.15) is 52.0 Å². The lowest BCUT2D eigenvalue weighted by Gasteiger charge is -2.38. The van der Waals surface area contributed by atoms with E-state index in [1.807, 2.05) is 50.8 Å². The Hall–Kier alpha value is -2.24. The minimum Gasteiger partial charge on any atom is -0.447 e. The molecule has 0 spiro atoms. The van der Waals surface area contributed by atoms with Crippen molar-refractivity contribution < 1.29 is 18.7 Å². The quantitative estimate of drug-likeness (QED) is 0.794. The topological polar surface area (TPSA) is 64.8 Å². The molecule has 3 atom stereocenters. The fourth-order valence-electron chi connectivity index (χ4n) is 4.09. The van der Waals surface area contributed by atoms with Crippen molar-refractivity contribution in [3.8, 4) is 6.08 Å². The van der Waals surface area contributed by atoms with Crippen LogP contribution in [-0.2, 0) is 4.74 Å². The molecule has 1 unspecified atom stereocenters. The number of piperidine rings is 1. The number of aryl methyl sites for hydroxylation is 1. The van der Waals surface area contributed by atoms with Crippen LogP contribution in [0.15, 0.2) is 22.6 Å². The van der Waals surface area contributed by atoms with Gasteiger partial charge in [-0.15, -0.1) is 0 Å². The zero-order valence-electron chi connectivity index (χ0n) is 15.8. The number of oxazole rings is 1. The van der Waals surface area contributed by atoms with Gasteiger partial charge < -0.3 is 18.8 Å². The van der Waals surface area contributed by atoms with Gasteiger partial charge in [-0.1, -0.05) is 12.1 Å². The van der Waals surface area contributed by atoms with E-state index in [2.05, 4.69) is 4.98 Å². The first-order valence-electron chi connectivity index (χ1n) is 9.34. The smallest absolute Gasteiger partial charge is 0.410 e. The van der Waals surface area contributed by atoms with Crippen LogP contribution in [0.3, 0.4) is 0 Å². The van der Waals surface area contributed by atoms with Gasteiger partial charge in [-0.2, -0.15) is 4.98 Å². The van der Waals surface area contributed by atoms with Crippen molar-refractivity contribution in [2.45, 2.75) is 77.2 Å². The molecule has 2 aromatic rings. The number of carbonyl (C=O) groups excluding carboxylic acids is 1. The molecule has 0 aliphatic carbocycles. The Balaban J connectivity index is 1.45. The molecule has 2 bridgehead atoms. The molecule has 26 heavy (non-hydrogen) atoms. The molecule has 2 saturated heterocycles. The minimum atomic E-state index is -0.472. The Labute approximate surface area is 153 Å². The molecule has 0 N–H and O–H groups in total. The molecule has 1 amide bonds. The van der Waals surface area contributed by atoms with E-state index in [0.717, 1.165) is 42.3 Å². The molecule has 3 heterocycles. The molecule has 0 radical (unpaired) electrons. The third-order valence-corrected chi connectivity index (χ3v) is 5.16. The summed E-state index contributed by atoms with van der Waals surface area (Å²) in [5, 5.41) is 0. The zero-order valence-corrected chi connectivity index (χ0v) is 15.8. The maximum atomic E-state index is 12.5. The standard InChI is InChI=1S/C20H26N2O4/c1-12-6-5-7-16-17(12)21-18(25-16)24-15-10-13-8-9-14(11-15)22(13)19(23)26-20(2,3)4/h5-7,13-15H,8-11H2,1-4H3/t13-,14+,15?. The molecule has 6 heteroatoms. The van der Waals surface area contributed by atoms with Crippen molar-refractivity contribution in [1.82, 2.24) is 9.88 Å². The van der Waals surface area contributed by atoms with Gasteiger partial charge in [0.25, 0.3) is 0 Å². The van der Waals surface area contributed by atoms with E-state index in [1.165, 1.54) is 0 Å². The van der Waals surface area contributed by atoms with E-state index < -0.39 is 5.60 Å². The lowest BCUT2D eigenvalue weighted by atomic mass is 10.0. The molecular formula is C20H26N2O4. The summed E-state index contributed by atoms with van der Waals surface area (Å²) in [7, 11) is 0. The van der Waals surface area contributed by atoms with Gasteiger partial charge in [0.1, 0.15) is 17.2 Å². The van der Waals surface area contributed by atoms with E-state index in [4.69, 9.17) is 13.9 Å². The van der Waals surface area contributed by atoms with Crippen LogP contribution in [0.25, 0.3) is 11.1 Å². The number of hydrogen-bond acceptors (Lipinski definition) is 5. The van der Waals surface area contributed by atoms with Crippen LogP contribution in [0.5, 0.6) is 6.08 Å². The Bertz CT molecular complexity index is 809. The average Bonchev–Trinajstić information content (AvgIpc) is 3.05. The normalized spacial score (nSPS) is 25.5. The highest BCUT2D eigenvalue weighted by Crippen LogP contribution is 2.38. The summed E-state index contributed by atoms with van der Waals surface area (Å²) in [4.78, 5) is 18.9. The Kier molecular flexibility index (Phi) is 4.09. The van der Waals surface area contributed by atoms with E-state index in [9.17, 15) is 4.79 Å². The summed E-state index contributed by atoms with van der Waals surface area (Å²) in [5.41, 5.74) is 2.19. The third kappa shape index (κ3) is 3.24. The molecule has 140 valence electrons. The number of benzene rings is 1. The fraction of sp³-hybridized carbons (Fsp3) is 0.600. The van der Waals surface area contributed by atoms with Gasteiger partial charge in [0.05, 0.1) is 0 Å². The summed E-state index contributed by atoms with van der Waals surface area (Å²) in [5.74, 6) is 0. The van der Waals surface area contributed by atoms with Crippen LogP contribution in [-0.4, -0.2) is 39.8 Å². The lowest BCUT2D eigenvalue weighted by Crippen LogP contribution is -2.50. The monoisotopic (exact) mass is 358 g/mol. The molecular weight excluding hydrogens is 332 g/mol. The number of fused-ring (bicyclic) bond motifs is 3. The zero-order chi connectivity index (χ0) is 18.5. The van der Waals surface area contributed by atoms with Gasteiger partial charge in [-0.3, -0.25) is 0 Å². The highest BCUT2D eigenvalue weighted by atomic mass is 16.6. The number of hydrogen-bond donors (Lipinski definition) is 0. The van der Waals surface area contributed by atoms with Crippen molar-refractivity contribution in [2.24, 2.45) is 0 Å². The van der Waals surface area contributed by atoms with E-state index >= 15 is 0 Å². The summed E-state index contributed by atoms with van der Waals surface area (Å²) < 4.78 is 17.4. The van der Waals surface area contributed by atoms with Crippen LogP contribution >= 0.6 is 0 Å². The molecule has 2 fully saturated rings. The number of para-hydroxylation sites is 1. The van der Waals surface area contributed by atoms with Crippen LogP contribution < -0.4 is 4.74 Å². The van der Waals surface area contributed by atoms with Gasteiger partial charge in [-0.05, 0) is 52.2 Å². The third-order valence-electron chi connectivity index (χ3n) is 5.16. The van der Waals surface area contributed by atoms with Gasteiger partial charge in [0.15, 0.2) is 5.58 Å². The predicted octanol–water partition coefficient (Wildman–Crippen LogP) is 4.45. The molecule has 2 aliphatic heterocycles. The van der Waals surface area contributed by atoms with Gasteiger partial charge in [-0.25, -0.2) is 4.79 Å². The SMILES string of the molecule is Cc1cccc2oc(OC3C[C@H]4CC[C@@H](C3)N4C(=O)OC(C)(C)C)nc12. The van der Waals surface area contributed by atoms with Crippen molar-refractivity contribution in [3.63, 3.8) is 0 Å². The fourth-order valence-corrected chi connectivity index (χ4v) is 4.09. The van der Waals surface area contributed by atoms with E-state index in [-0.39, 0.29) is 24.3 Å². The first-order valence-corrected chi connectivity index (χ1v) is 9.34. The second-order valence-electron chi connectivity index (χ2n) is 8.39. The Morgan fingerprint density at radius 1 is 1.23 bits per heavy atom. The summed E-state index contributed by atoms with van der Waals surface area (Å²) in [6.45, 7) is 7.71. The van der Waals surface area contributed by atoms with Crippen molar-refractivity contribution >= 4 is 17.2 Å².